The number of nitrogens with zero attached hydrogens (tertiary/aromatic N) is 2. The zero-order valence-electron chi connectivity index (χ0n) is 18.3. The molecule has 1 fully saturated rings. The van der Waals surface area contributed by atoms with Crippen LogP contribution in [0.2, 0.25) is 0 Å². The topological polar surface area (TPSA) is 36.2 Å². The van der Waals surface area contributed by atoms with Crippen LogP contribution in [0.5, 0.6) is 5.75 Å². The highest BCUT2D eigenvalue weighted by Gasteiger charge is 2.55. The number of aryl methyl sites for hydroxylation is 1. The fourth-order valence-electron chi connectivity index (χ4n) is 6.87. The van der Waals surface area contributed by atoms with Crippen LogP contribution in [0.1, 0.15) is 74.3 Å². The summed E-state index contributed by atoms with van der Waals surface area (Å²) in [6.07, 6.45) is 8.03. The molecule has 1 heterocycles. The number of aromatic nitrogens is 2. The van der Waals surface area contributed by atoms with Gasteiger partial charge in [0, 0.05) is 30.8 Å². The van der Waals surface area contributed by atoms with Crippen molar-refractivity contribution in [3.63, 3.8) is 0 Å². The molecule has 0 bridgehead atoms. The minimum atomic E-state index is 0.145. The molecule has 0 spiro atoms. The summed E-state index contributed by atoms with van der Waals surface area (Å²) in [7, 11) is 3.97. The van der Waals surface area contributed by atoms with Gasteiger partial charge in [0.25, 0.3) is 5.56 Å². The third-order valence-corrected chi connectivity index (χ3v) is 8.43. The minimum absolute atomic E-state index is 0.145. The molecule has 0 N–H and O–H groups in total. The molecule has 0 radical (unpaired) electrons. The summed E-state index contributed by atoms with van der Waals surface area (Å²) in [5.74, 6) is 2.96. The Hall–Kier alpha value is -1.97. The summed E-state index contributed by atoms with van der Waals surface area (Å²) < 4.78 is 9.90. The van der Waals surface area contributed by atoms with E-state index in [-0.39, 0.29) is 11.0 Å². The van der Waals surface area contributed by atoms with Crippen molar-refractivity contribution in [3.05, 3.63) is 50.9 Å². The zero-order chi connectivity index (χ0) is 20.3. The number of hydrogen-bond acceptors (Lipinski definition) is 2. The first-order valence-electron chi connectivity index (χ1n) is 11.5. The molecule has 4 heteroatoms. The molecule has 3 unspecified atom stereocenters. The van der Waals surface area contributed by atoms with E-state index in [1.807, 2.05) is 7.05 Å². The van der Waals surface area contributed by atoms with Gasteiger partial charge in [0.2, 0.25) is 0 Å². The van der Waals surface area contributed by atoms with Crippen molar-refractivity contribution in [1.29, 1.82) is 0 Å². The average Bonchev–Trinajstić information content (AvgIpc) is 3.15. The highest BCUT2D eigenvalue weighted by atomic mass is 16.5. The molecule has 3 aliphatic rings. The van der Waals surface area contributed by atoms with Crippen molar-refractivity contribution in [1.82, 2.24) is 9.36 Å². The van der Waals surface area contributed by atoms with E-state index in [0.717, 1.165) is 37.2 Å². The Labute approximate surface area is 173 Å². The summed E-state index contributed by atoms with van der Waals surface area (Å²) in [5.41, 5.74) is 5.82. The van der Waals surface area contributed by atoms with Gasteiger partial charge in [-0.2, -0.15) is 0 Å². The van der Waals surface area contributed by atoms with Crippen LogP contribution in [0.25, 0.3) is 0 Å². The second-order valence-corrected chi connectivity index (χ2v) is 9.82. The zero-order valence-corrected chi connectivity index (χ0v) is 18.3. The number of fused-ring (bicyclic) bond motifs is 7. The Morgan fingerprint density at radius 3 is 2.83 bits per heavy atom. The van der Waals surface area contributed by atoms with Crippen LogP contribution in [-0.2, 0) is 32.4 Å². The Balaban J connectivity index is 1.44. The molecule has 0 saturated heterocycles. The predicted molar refractivity (Wildman–Crippen MR) is 116 cm³/mol. The van der Waals surface area contributed by atoms with E-state index < -0.39 is 0 Å². The third kappa shape index (κ3) is 2.67. The molecule has 2 aromatic rings. The molecule has 1 aromatic carbocycles. The fourth-order valence-corrected chi connectivity index (χ4v) is 6.87. The largest absolute Gasteiger partial charge is 0.494 e. The lowest BCUT2D eigenvalue weighted by Crippen LogP contribution is -2.44. The van der Waals surface area contributed by atoms with Crippen LogP contribution in [0.4, 0.5) is 0 Å². The summed E-state index contributed by atoms with van der Waals surface area (Å²) in [5, 5.41) is 0. The normalized spacial score (nSPS) is 29.7. The van der Waals surface area contributed by atoms with Crippen molar-refractivity contribution < 1.29 is 4.74 Å². The van der Waals surface area contributed by atoms with E-state index in [2.05, 4.69) is 43.8 Å². The van der Waals surface area contributed by atoms with E-state index in [1.54, 1.807) is 10.2 Å². The van der Waals surface area contributed by atoms with Crippen LogP contribution in [0, 0.1) is 11.8 Å². The smallest absolute Gasteiger partial charge is 0.269 e. The molecule has 1 aromatic heterocycles. The quantitative estimate of drug-likeness (QED) is 0.717. The van der Waals surface area contributed by atoms with Gasteiger partial charge in [0.1, 0.15) is 5.75 Å². The molecule has 29 heavy (non-hydrogen) atoms. The number of benzene rings is 1. The molecule has 4 nitrogen and oxygen atoms in total. The lowest BCUT2D eigenvalue weighted by Gasteiger charge is -2.49. The van der Waals surface area contributed by atoms with Gasteiger partial charge in [-0.15, -0.1) is 0 Å². The van der Waals surface area contributed by atoms with Crippen LogP contribution < -0.4 is 10.3 Å². The van der Waals surface area contributed by atoms with Gasteiger partial charge in [0.15, 0.2) is 0 Å². The Morgan fingerprint density at radius 1 is 1.21 bits per heavy atom. The predicted octanol–water partition coefficient (Wildman–Crippen LogP) is 4.47. The molecule has 4 atom stereocenters. The van der Waals surface area contributed by atoms with Gasteiger partial charge in [-0.05, 0) is 79.5 Å². The van der Waals surface area contributed by atoms with Gasteiger partial charge in [-0.25, -0.2) is 0 Å². The van der Waals surface area contributed by atoms with Gasteiger partial charge in [-0.1, -0.05) is 26.3 Å². The van der Waals surface area contributed by atoms with Crippen LogP contribution in [-0.4, -0.2) is 16.0 Å². The van der Waals surface area contributed by atoms with Crippen LogP contribution in [0.3, 0.4) is 0 Å². The van der Waals surface area contributed by atoms with E-state index >= 15 is 0 Å². The summed E-state index contributed by atoms with van der Waals surface area (Å²) in [4.78, 5) is 12.8. The maximum absolute atomic E-state index is 12.8. The first-order valence-corrected chi connectivity index (χ1v) is 11.5. The number of unbranched alkanes of at least 4 members (excludes halogenated alkanes) is 1. The average molecular weight is 395 g/mol. The SMILES string of the molecule is CCCCOc1ccc2c(c1)CCC1C2CC[C@]2(C)c3c(c(=O)n(C)n3C)CC12. The molecule has 5 rings (SSSR count). The first kappa shape index (κ1) is 19.0. The van der Waals surface area contributed by atoms with Gasteiger partial charge in [-0.3, -0.25) is 14.2 Å². The molecule has 1 saturated carbocycles. The van der Waals surface area contributed by atoms with Crippen molar-refractivity contribution in [3.8, 4) is 5.75 Å². The third-order valence-electron chi connectivity index (χ3n) is 8.43. The summed E-state index contributed by atoms with van der Waals surface area (Å²) in [6.45, 7) is 5.44. The van der Waals surface area contributed by atoms with Crippen molar-refractivity contribution in [2.45, 2.75) is 70.1 Å². The van der Waals surface area contributed by atoms with Crippen molar-refractivity contribution in [2.75, 3.05) is 6.61 Å². The van der Waals surface area contributed by atoms with Crippen LogP contribution >= 0.6 is 0 Å². The van der Waals surface area contributed by atoms with E-state index in [0.29, 0.717) is 17.8 Å². The Bertz CT molecular complexity index is 1000. The lowest BCUT2D eigenvalue weighted by molar-refractivity contribution is 0.0992. The maximum Gasteiger partial charge on any atom is 0.269 e. The second-order valence-electron chi connectivity index (χ2n) is 9.82. The van der Waals surface area contributed by atoms with Gasteiger partial charge >= 0.3 is 0 Å². The van der Waals surface area contributed by atoms with Gasteiger partial charge < -0.3 is 4.74 Å². The van der Waals surface area contributed by atoms with E-state index in [9.17, 15) is 4.79 Å². The Kier molecular flexibility index (Phi) is 4.45. The number of rotatable bonds is 4. The Morgan fingerprint density at radius 2 is 2.03 bits per heavy atom. The standard InChI is InChI=1S/C25H34N2O2/c1-5-6-13-29-17-8-10-18-16(14-17)7-9-20-19(18)11-12-25(2)22(20)15-21-23(25)26(3)27(4)24(21)28/h8,10,14,19-20,22H,5-7,9,11-13,15H2,1-4H3/t19?,20?,22?,25-/m0/s1. The van der Waals surface area contributed by atoms with E-state index in [1.165, 1.54) is 36.9 Å². The number of hydrogen-bond donors (Lipinski definition) is 0. The van der Waals surface area contributed by atoms with E-state index in [4.69, 9.17) is 4.74 Å². The van der Waals surface area contributed by atoms with Crippen LogP contribution in [0.15, 0.2) is 23.0 Å². The molecule has 156 valence electrons. The highest BCUT2D eigenvalue weighted by Crippen LogP contribution is 2.59. The number of ether oxygens (including phenoxy) is 1. The summed E-state index contributed by atoms with van der Waals surface area (Å²) >= 11 is 0. The highest BCUT2D eigenvalue weighted by molar-refractivity contribution is 5.43. The molecular weight excluding hydrogens is 360 g/mol. The van der Waals surface area contributed by atoms with Crippen molar-refractivity contribution >= 4 is 0 Å². The molecule has 3 aliphatic carbocycles. The monoisotopic (exact) mass is 394 g/mol. The maximum atomic E-state index is 12.8. The minimum Gasteiger partial charge on any atom is -0.494 e. The summed E-state index contributed by atoms with van der Waals surface area (Å²) in [6, 6.07) is 6.83. The van der Waals surface area contributed by atoms with Crippen molar-refractivity contribution in [2.24, 2.45) is 25.9 Å². The molecule has 0 amide bonds. The fraction of sp³-hybridized carbons (Fsp3) is 0.640. The molecular formula is C25H34N2O2. The first-order chi connectivity index (χ1) is 14.0. The van der Waals surface area contributed by atoms with Gasteiger partial charge in [0.05, 0.1) is 6.61 Å². The second kappa shape index (κ2) is 6.78. The lowest BCUT2D eigenvalue weighted by atomic mass is 9.55. The molecule has 0 aliphatic heterocycles.